The number of halogens is 1. The molecule has 8 nitrogen and oxygen atoms in total. The molecule has 1 atom stereocenters. The van der Waals surface area contributed by atoms with Gasteiger partial charge in [0.05, 0.1) is 48.1 Å². The van der Waals surface area contributed by atoms with Crippen molar-refractivity contribution >= 4 is 17.4 Å². The molecule has 5 rings (SSSR count). The van der Waals surface area contributed by atoms with Crippen LogP contribution in [0.5, 0.6) is 0 Å². The highest BCUT2D eigenvalue weighted by molar-refractivity contribution is 6.09. The lowest BCUT2D eigenvalue weighted by Crippen LogP contribution is -2.23. The van der Waals surface area contributed by atoms with Crippen LogP contribution in [0.25, 0.3) is 5.69 Å². The van der Waals surface area contributed by atoms with Crippen LogP contribution in [-0.2, 0) is 6.54 Å². The van der Waals surface area contributed by atoms with Gasteiger partial charge in [-0.1, -0.05) is 0 Å². The first-order valence-corrected chi connectivity index (χ1v) is 9.79. The molecule has 5 heterocycles. The van der Waals surface area contributed by atoms with E-state index in [1.54, 1.807) is 28.2 Å². The molecule has 0 radical (unpaired) electrons. The topological polar surface area (TPSA) is 72.1 Å². The Morgan fingerprint density at radius 1 is 1.17 bits per heavy atom. The van der Waals surface area contributed by atoms with Crippen molar-refractivity contribution in [3.63, 3.8) is 0 Å². The lowest BCUT2D eigenvalue weighted by molar-refractivity contribution is 0.0996. The first-order chi connectivity index (χ1) is 14.0. The third kappa shape index (κ3) is 3.06. The van der Waals surface area contributed by atoms with E-state index < -0.39 is 6.17 Å². The van der Waals surface area contributed by atoms with E-state index in [-0.39, 0.29) is 11.9 Å². The van der Waals surface area contributed by atoms with Gasteiger partial charge in [0.1, 0.15) is 12.0 Å². The average Bonchev–Trinajstić information content (AvgIpc) is 3.47. The third-order valence-electron chi connectivity index (χ3n) is 5.45. The minimum atomic E-state index is -0.785. The molecular formula is C20H22FN7O. The molecule has 2 aliphatic rings. The van der Waals surface area contributed by atoms with Gasteiger partial charge < -0.3 is 4.90 Å². The molecule has 0 saturated carbocycles. The number of carbonyl (C=O) groups excluding carboxylic acids is 1. The van der Waals surface area contributed by atoms with Crippen molar-refractivity contribution in [2.24, 2.45) is 0 Å². The highest BCUT2D eigenvalue weighted by Crippen LogP contribution is 2.29. The number of hydrogen-bond acceptors (Lipinski definition) is 5. The van der Waals surface area contributed by atoms with Gasteiger partial charge in [-0.25, -0.2) is 14.1 Å². The molecule has 29 heavy (non-hydrogen) atoms. The van der Waals surface area contributed by atoms with Crippen LogP contribution in [0.15, 0.2) is 36.9 Å². The molecule has 9 heteroatoms. The minimum Gasteiger partial charge on any atom is -0.354 e. The van der Waals surface area contributed by atoms with E-state index >= 15 is 0 Å². The number of rotatable bonds is 4. The fraction of sp³-hybridized carbons (Fsp3) is 0.400. The molecule has 0 unspecified atom stereocenters. The zero-order valence-corrected chi connectivity index (χ0v) is 16.4. The Bertz CT molecular complexity index is 1060. The van der Waals surface area contributed by atoms with Gasteiger partial charge in [-0.2, -0.15) is 10.2 Å². The van der Waals surface area contributed by atoms with Crippen LogP contribution in [-0.4, -0.2) is 49.7 Å². The van der Waals surface area contributed by atoms with Crippen LogP contribution in [0.4, 0.5) is 15.9 Å². The number of alkyl halides is 1. The summed E-state index contributed by atoms with van der Waals surface area (Å²) >= 11 is 0. The fourth-order valence-corrected chi connectivity index (χ4v) is 3.79. The molecule has 1 fully saturated rings. The molecule has 0 bridgehead atoms. The van der Waals surface area contributed by atoms with E-state index in [2.05, 4.69) is 15.2 Å². The molecular weight excluding hydrogens is 373 g/mol. The quantitative estimate of drug-likeness (QED) is 0.679. The summed E-state index contributed by atoms with van der Waals surface area (Å²) in [6.45, 7) is 5.57. The van der Waals surface area contributed by atoms with Crippen LogP contribution in [0.3, 0.4) is 0 Å². The third-order valence-corrected chi connectivity index (χ3v) is 5.45. The maximum Gasteiger partial charge on any atom is 0.262 e. The fourth-order valence-electron chi connectivity index (χ4n) is 3.79. The van der Waals surface area contributed by atoms with Crippen LogP contribution in [0.1, 0.15) is 42.4 Å². The van der Waals surface area contributed by atoms with Gasteiger partial charge in [0, 0.05) is 25.0 Å². The molecule has 150 valence electrons. The standard InChI is InChI=1S/C20H22FN7O/c1-13(2)27-10-16(8-23-27)26-12-18-17(20(26)29)11-28(24-18)15-3-4-19(22-7-15)25-6-5-14(21)9-25/h3-4,7-8,10-11,13-14H,5-6,9,12H2,1-2H3/t14-/m1/s1. The Labute approximate surface area is 167 Å². The van der Waals surface area contributed by atoms with Crippen molar-refractivity contribution in [3.05, 3.63) is 48.2 Å². The van der Waals surface area contributed by atoms with Crippen LogP contribution in [0, 0.1) is 0 Å². The van der Waals surface area contributed by atoms with E-state index in [0.717, 1.165) is 22.9 Å². The molecule has 3 aromatic heterocycles. The second kappa shape index (κ2) is 6.68. The average molecular weight is 395 g/mol. The lowest BCUT2D eigenvalue weighted by Gasteiger charge is -2.16. The number of nitrogens with zero attached hydrogens (tertiary/aromatic N) is 7. The molecule has 3 aromatic rings. The molecule has 0 aliphatic carbocycles. The lowest BCUT2D eigenvalue weighted by atomic mass is 10.3. The van der Waals surface area contributed by atoms with E-state index in [4.69, 9.17) is 0 Å². The summed E-state index contributed by atoms with van der Waals surface area (Å²) < 4.78 is 16.9. The number of hydrogen-bond donors (Lipinski definition) is 0. The van der Waals surface area contributed by atoms with E-state index in [0.29, 0.717) is 31.6 Å². The largest absolute Gasteiger partial charge is 0.354 e. The first kappa shape index (κ1) is 17.8. The van der Waals surface area contributed by atoms with Crippen molar-refractivity contribution in [2.75, 3.05) is 22.9 Å². The monoisotopic (exact) mass is 395 g/mol. The minimum absolute atomic E-state index is 0.0785. The maximum atomic E-state index is 13.4. The number of pyridine rings is 1. The van der Waals surface area contributed by atoms with E-state index in [1.165, 1.54) is 0 Å². The second-order valence-electron chi connectivity index (χ2n) is 7.80. The van der Waals surface area contributed by atoms with Gasteiger partial charge in [0.25, 0.3) is 5.91 Å². The van der Waals surface area contributed by atoms with Crippen LogP contribution < -0.4 is 9.80 Å². The van der Waals surface area contributed by atoms with Gasteiger partial charge in [0.15, 0.2) is 0 Å². The molecule has 0 N–H and O–H groups in total. The number of amides is 1. The summed E-state index contributed by atoms with van der Waals surface area (Å²) in [4.78, 5) is 20.9. The Kier molecular flexibility index (Phi) is 4.11. The van der Waals surface area contributed by atoms with Crippen LogP contribution >= 0.6 is 0 Å². The van der Waals surface area contributed by atoms with E-state index in [1.807, 2.05) is 41.8 Å². The highest BCUT2D eigenvalue weighted by Gasteiger charge is 2.33. The number of aromatic nitrogens is 5. The van der Waals surface area contributed by atoms with Crippen molar-refractivity contribution in [3.8, 4) is 5.69 Å². The first-order valence-electron chi connectivity index (χ1n) is 9.79. The van der Waals surface area contributed by atoms with Crippen LogP contribution in [0.2, 0.25) is 0 Å². The highest BCUT2D eigenvalue weighted by atomic mass is 19.1. The number of fused-ring (bicyclic) bond motifs is 1. The zero-order chi connectivity index (χ0) is 20.1. The van der Waals surface area contributed by atoms with Gasteiger partial charge in [-0.3, -0.25) is 14.4 Å². The Hall–Kier alpha value is -3.23. The SMILES string of the molecule is CC(C)n1cc(N2Cc3nn(-c4ccc(N5CC[C@@H](F)C5)nc4)cc3C2=O)cn1. The summed E-state index contributed by atoms with van der Waals surface area (Å²) in [5.41, 5.74) is 2.87. The van der Waals surface area contributed by atoms with Crippen molar-refractivity contribution in [2.45, 2.75) is 39.0 Å². The Morgan fingerprint density at radius 3 is 2.66 bits per heavy atom. The van der Waals surface area contributed by atoms with Crippen molar-refractivity contribution in [1.82, 2.24) is 24.5 Å². The normalized spacial score (nSPS) is 18.9. The summed E-state index contributed by atoms with van der Waals surface area (Å²) in [6.07, 6.45) is 6.80. The predicted octanol–water partition coefficient (Wildman–Crippen LogP) is 2.75. The summed E-state index contributed by atoms with van der Waals surface area (Å²) in [5, 5.41) is 8.90. The molecule has 0 spiro atoms. The molecule has 2 aliphatic heterocycles. The number of carbonyl (C=O) groups is 1. The smallest absolute Gasteiger partial charge is 0.262 e. The predicted molar refractivity (Wildman–Crippen MR) is 106 cm³/mol. The second-order valence-corrected chi connectivity index (χ2v) is 7.80. The van der Waals surface area contributed by atoms with E-state index in [9.17, 15) is 9.18 Å². The number of anilines is 2. The maximum absolute atomic E-state index is 13.4. The summed E-state index contributed by atoms with van der Waals surface area (Å²) in [7, 11) is 0. The molecule has 1 amide bonds. The van der Waals surface area contributed by atoms with Gasteiger partial charge in [-0.15, -0.1) is 0 Å². The van der Waals surface area contributed by atoms with Gasteiger partial charge in [-0.05, 0) is 32.4 Å². The molecule has 1 saturated heterocycles. The summed E-state index contributed by atoms with van der Waals surface area (Å²) in [5.74, 6) is 0.684. The Morgan fingerprint density at radius 2 is 2.03 bits per heavy atom. The summed E-state index contributed by atoms with van der Waals surface area (Å²) in [6, 6.07) is 4.00. The molecule has 0 aromatic carbocycles. The Balaban J connectivity index is 1.34. The van der Waals surface area contributed by atoms with Crippen molar-refractivity contribution in [1.29, 1.82) is 0 Å². The van der Waals surface area contributed by atoms with Crippen molar-refractivity contribution < 1.29 is 9.18 Å². The van der Waals surface area contributed by atoms with Gasteiger partial charge in [0.2, 0.25) is 0 Å². The van der Waals surface area contributed by atoms with Gasteiger partial charge >= 0.3 is 0 Å². The zero-order valence-electron chi connectivity index (χ0n) is 16.4.